The molecule has 136 valence electrons. The second-order valence-corrected chi connectivity index (χ2v) is 6.85. The van der Waals surface area contributed by atoms with E-state index in [0.717, 1.165) is 36.9 Å². The van der Waals surface area contributed by atoms with Crippen molar-refractivity contribution < 1.29 is 9.53 Å². The van der Waals surface area contributed by atoms with Gasteiger partial charge in [0, 0.05) is 38.4 Å². The Morgan fingerprint density at radius 3 is 2.88 bits per heavy atom. The fourth-order valence-corrected chi connectivity index (χ4v) is 3.22. The van der Waals surface area contributed by atoms with E-state index in [1.165, 1.54) is 0 Å². The Morgan fingerprint density at radius 1 is 1.40 bits per heavy atom. The summed E-state index contributed by atoms with van der Waals surface area (Å²) in [5.41, 5.74) is 0. The molecule has 1 fully saturated rings. The number of nitrogens with zero attached hydrogens (tertiary/aromatic N) is 6. The van der Waals surface area contributed by atoms with Gasteiger partial charge >= 0.3 is 6.09 Å². The van der Waals surface area contributed by atoms with Crippen molar-refractivity contribution in [1.82, 2.24) is 29.2 Å². The van der Waals surface area contributed by atoms with Crippen LogP contribution < -0.4 is 0 Å². The molecule has 0 spiro atoms. The molecule has 1 saturated heterocycles. The van der Waals surface area contributed by atoms with Crippen LogP contribution in [0.25, 0.3) is 0 Å². The maximum atomic E-state index is 12.2. The van der Waals surface area contributed by atoms with E-state index in [0.29, 0.717) is 13.1 Å². The molecule has 8 heteroatoms. The third-order valence-corrected chi connectivity index (χ3v) is 4.62. The van der Waals surface area contributed by atoms with Crippen LogP contribution in [0, 0.1) is 6.92 Å². The summed E-state index contributed by atoms with van der Waals surface area (Å²) in [6, 6.07) is 0. The third-order valence-electron chi connectivity index (χ3n) is 4.62. The van der Waals surface area contributed by atoms with Crippen molar-refractivity contribution >= 4 is 6.09 Å². The van der Waals surface area contributed by atoms with E-state index >= 15 is 0 Å². The predicted molar refractivity (Wildman–Crippen MR) is 92.2 cm³/mol. The van der Waals surface area contributed by atoms with Gasteiger partial charge in [0.15, 0.2) is 5.82 Å². The second-order valence-electron chi connectivity index (χ2n) is 6.85. The smallest absolute Gasteiger partial charge is 0.410 e. The van der Waals surface area contributed by atoms with Crippen LogP contribution >= 0.6 is 0 Å². The van der Waals surface area contributed by atoms with E-state index < -0.39 is 0 Å². The number of hydrogen-bond donors (Lipinski definition) is 0. The van der Waals surface area contributed by atoms with Gasteiger partial charge in [-0.25, -0.2) is 9.78 Å². The van der Waals surface area contributed by atoms with E-state index in [1.54, 1.807) is 11.1 Å². The van der Waals surface area contributed by atoms with Gasteiger partial charge in [-0.15, -0.1) is 10.2 Å². The van der Waals surface area contributed by atoms with Crippen molar-refractivity contribution in [3.63, 3.8) is 0 Å². The summed E-state index contributed by atoms with van der Waals surface area (Å²) >= 11 is 0. The topological polar surface area (TPSA) is 78.1 Å². The zero-order valence-electron chi connectivity index (χ0n) is 15.3. The summed E-state index contributed by atoms with van der Waals surface area (Å²) in [5, 5.41) is 8.76. The van der Waals surface area contributed by atoms with Gasteiger partial charge < -0.3 is 18.8 Å². The Balaban J connectivity index is 1.71. The number of imidazole rings is 1. The fourth-order valence-electron chi connectivity index (χ4n) is 3.22. The average Bonchev–Trinajstić information content (AvgIpc) is 3.14. The highest BCUT2D eigenvalue weighted by molar-refractivity contribution is 5.68. The molecule has 2 aromatic heterocycles. The maximum Gasteiger partial charge on any atom is 0.410 e. The quantitative estimate of drug-likeness (QED) is 0.847. The lowest BCUT2D eigenvalue weighted by Crippen LogP contribution is -2.40. The molecule has 1 atom stereocenters. The number of piperidine rings is 1. The van der Waals surface area contributed by atoms with Gasteiger partial charge in [0.2, 0.25) is 0 Å². The summed E-state index contributed by atoms with van der Waals surface area (Å²) in [5.74, 6) is 2.95. The molecule has 3 heterocycles. The van der Waals surface area contributed by atoms with E-state index in [2.05, 4.69) is 15.2 Å². The van der Waals surface area contributed by atoms with Gasteiger partial charge in [0.05, 0.1) is 12.6 Å². The van der Waals surface area contributed by atoms with Crippen LogP contribution in [0.2, 0.25) is 0 Å². The maximum absolute atomic E-state index is 12.2. The summed E-state index contributed by atoms with van der Waals surface area (Å²) in [7, 11) is 1.99. The molecule has 1 aliphatic heterocycles. The number of aryl methyl sites for hydroxylation is 1. The minimum atomic E-state index is -0.240. The molecular formula is C17H26N6O2. The summed E-state index contributed by atoms with van der Waals surface area (Å²) < 4.78 is 9.41. The van der Waals surface area contributed by atoms with Gasteiger partial charge in [0.25, 0.3) is 0 Å². The Morgan fingerprint density at radius 2 is 2.20 bits per heavy atom. The van der Waals surface area contributed by atoms with E-state index in [-0.39, 0.29) is 18.1 Å². The molecule has 0 saturated carbocycles. The molecule has 0 N–H and O–H groups in total. The minimum Gasteiger partial charge on any atom is -0.447 e. The van der Waals surface area contributed by atoms with Crippen LogP contribution in [-0.2, 0) is 18.3 Å². The first kappa shape index (κ1) is 17.4. The largest absolute Gasteiger partial charge is 0.447 e. The first-order valence-corrected chi connectivity index (χ1v) is 8.77. The third kappa shape index (κ3) is 3.83. The van der Waals surface area contributed by atoms with Crippen molar-refractivity contribution in [2.45, 2.75) is 52.2 Å². The number of aromatic nitrogens is 5. The molecule has 1 aliphatic rings. The van der Waals surface area contributed by atoms with Gasteiger partial charge in [0.1, 0.15) is 11.6 Å². The monoisotopic (exact) mass is 346 g/mol. The van der Waals surface area contributed by atoms with Gasteiger partial charge in [-0.2, -0.15) is 0 Å². The lowest BCUT2D eigenvalue weighted by atomic mass is 9.97. The van der Waals surface area contributed by atoms with Crippen LogP contribution in [0.1, 0.15) is 50.1 Å². The molecule has 0 bridgehead atoms. The zero-order valence-corrected chi connectivity index (χ0v) is 15.3. The average molecular weight is 346 g/mol. The molecule has 2 aromatic rings. The normalized spacial score (nSPS) is 18.0. The Hall–Kier alpha value is -2.38. The van der Waals surface area contributed by atoms with Gasteiger partial charge in [-0.3, -0.25) is 0 Å². The van der Waals surface area contributed by atoms with E-state index in [1.807, 2.05) is 43.1 Å². The number of hydrogen-bond acceptors (Lipinski definition) is 5. The number of likely N-dealkylation sites (tertiary alicyclic amines) is 1. The highest BCUT2D eigenvalue weighted by Crippen LogP contribution is 2.26. The van der Waals surface area contributed by atoms with Crippen molar-refractivity contribution in [1.29, 1.82) is 0 Å². The van der Waals surface area contributed by atoms with Crippen LogP contribution in [0.5, 0.6) is 0 Å². The number of rotatable bonds is 4. The number of amides is 1. The van der Waals surface area contributed by atoms with Crippen molar-refractivity contribution in [2.75, 3.05) is 13.1 Å². The first-order chi connectivity index (χ1) is 12.0. The second kappa shape index (κ2) is 7.25. The van der Waals surface area contributed by atoms with Crippen molar-refractivity contribution in [3.8, 4) is 0 Å². The number of carbonyl (C=O) groups excluding carboxylic acids is 1. The lowest BCUT2D eigenvalue weighted by Gasteiger charge is -2.32. The molecule has 8 nitrogen and oxygen atoms in total. The van der Waals surface area contributed by atoms with Crippen molar-refractivity contribution in [3.05, 3.63) is 29.9 Å². The lowest BCUT2D eigenvalue weighted by molar-refractivity contribution is 0.0675. The predicted octanol–water partition coefficient (Wildman–Crippen LogP) is 2.09. The Bertz CT molecular complexity index is 735. The Kier molecular flexibility index (Phi) is 5.06. The molecule has 25 heavy (non-hydrogen) atoms. The SMILES string of the molecule is Cc1nccn1Cc1nnc(C2CCCN(C(=O)OC(C)C)C2)n1C. The Labute approximate surface area is 147 Å². The number of ether oxygens (including phenoxy) is 1. The van der Waals surface area contributed by atoms with Crippen LogP contribution in [-0.4, -0.2) is 54.5 Å². The van der Waals surface area contributed by atoms with E-state index in [4.69, 9.17) is 4.74 Å². The van der Waals surface area contributed by atoms with Crippen LogP contribution in [0.15, 0.2) is 12.4 Å². The van der Waals surface area contributed by atoms with Crippen molar-refractivity contribution in [2.24, 2.45) is 7.05 Å². The molecular weight excluding hydrogens is 320 g/mol. The molecule has 3 rings (SSSR count). The standard InChI is InChI=1S/C17H26N6O2/c1-12(2)25-17(24)23-8-5-6-14(10-23)16-20-19-15(21(16)4)11-22-9-7-18-13(22)3/h7,9,12,14H,5-6,8,10-11H2,1-4H3. The highest BCUT2D eigenvalue weighted by Gasteiger charge is 2.29. The summed E-state index contributed by atoms with van der Waals surface area (Å²) in [6.07, 6.45) is 5.33. The molecule has 1 amide bonds. The van der Waals surface area contributed by atoms with Crippen LogP contribution in [0.3, 0.4) is 0 Å². The highest BCUT2D eigenvalue weighted by atomic mass is 16.6. The summed E-state index contributed by atoms with van der Waals surface area (Å²) in [4.78, 5) is 18.2. The molecule has 0 aliphatic carbocycles. The molecule has 0 aromatic carbocycles. The molecule has 1 unspecified atom stereocenters. The summed E-state index contributed by atoms with van der Waals surface area (Å²) in [6.45, 7) is 7.71. The van der Waals surface area contributed by atoms with Crippen LogP contribution in [0.4, 0.5) is 4.79 Å². The van der Waals surface area contributed by atoms with Gasteiger partial charge in [-0.1, -0.05) is 0 Å². The zero-order chi connectivity index (χ0) is 18.0. The van der Waals surface area contributed by atoms with E-state index in [9.17, 15) is 4.79 Å². The first-order valence-electron chi connectivity index (χ1n) is 8.77. The molecule has 0 radical (unpaired) electrons. The van der Waals surface area contributed by atoms with Gasteiger partial charge in [-0.05, 0) is 33.6 Å². The minimum absolute atomic E-state index is 0.104. The fraction of sp³-hybridized carbons (Fsp3) is 0.647. The number of carbonyl (C=O) groups is 1.